The maximum Gasteiger partial charge on any atom is 0.316 e. The molecule has 0 bridgehead atoms. The summed E-state index contributed by atoms with van der Waals surface area (Å²) in [6.07, 6.45) is 1.63. The number of imidazole rings is 1. The van der Waals surface area contributed by atoms with E-state index in [9.17, 15) is 4.79 Å². The number of hydrogen-bond acceptors (Lipinski definition) is 8. The minimum atomic E-state index is -0.250. The van der Waals surface area contributed by atoms with E-state index in [2.05, 4.69) is 14.8 Å². The summed E-state index contributed by atoms with van der Waals surface area (Å²) in [4.78, 5) is 16.2. The van der Waals surface area contributed by atoms with Gasteiger partial charge in [0.1, 0.15) is 5.01 Å². The molecule has 0 radical (unpaired) electrons. The molecule has 0 amide bonds. The van der Waals surface area contributed by atoms with E-state index in [-0.39, 0.29) is 11.7 Å². The predicted octanol–water partition coefficient (Wildman–Crippen LogP) is 3.85. The predicted molar refractivity (Wildman–Crippen MR) is 104 cm³/mol. The van der Waals surface area contributed by atoms with Gasteiger partial charge in [-0.05, 0) is 31.2 Å². The van der Waals surface area contributed by atoms with Gasteiger partial charge in [0.25, 0.3) is 0 Å². The highest BCUT2D eigenvalue weighted by molar-refractivity contribution is 8.01. The summed E-state index contributed by atoms with van der Waals surface area (Å²) in [6.45, 7) is 2.69. The molecule has 138 valence electrons. The molecule has 9 heteroatoms. The number of thioether (sulfide) groups is 1. The molecule has 3 aromatic heterocycles. The fourth-order valence-electron chi connectivity index (χ4n) is 2.65. The number of para-hydroxylation sites is 2. The van der Waals surface area contributed by atoms with Gasteiger partial charge in [-0.1, -0.05) is 35.2 Å². The maximum atomic E-state index is 11.5. The molecule has 27 heavy (non-hydrogen) atoms. The Morgan fingerprint density at radius 1 is 1.26 bits per heavy atom. The average Bonchev–Trinajstić information content (AvgIpc) is 3.41. The standard InChI is InChI=1S/C18H16N4O3S2/c1-2-24-16(23)11-26-18-21-20-15(27-18)10-22-13-7-4-3-6-12(13)19-17(22)14-8-5-9-25-14/h3-9H,2,10-11H2,1H3. The number of aromatic nitrogens is 4. The highest BCUT2D eigenvalue weighted by atomic mass is 32.2. The van der Waals surface area contributed by atoms with Gasteiger partial charge in [-0.2, -0.15) is 0 Å². The van der Waals surface area contributed by atoms with Crippen LogP contribution in [-0.2, 0) is 16.1 Å². The third kappa shape index (κ3) is 3.88. The molecule has 7 nitrogen and oxygen atoms in total. The summed E-state index contributed by atoms with van der Waals surface area (Å²) in [5.41, 5.74) is 1.89. The minimum absolute atomic E-state index is 0.230. The number of furan rings is 1. The van der Waals surface area contributed by atoms with Crippen molar-refractivity contribution in [2.45, 2.75) is 17.8 Å². The molecule has 0 unspecified atom stereocenters. The second-order valence-corrected chi connectivity index (χ2v) is 7.83. The van der Waals surface area contributed by atoms with Crippen LogP contribution >= 0.6 is 23.1 Å². The molecule has 4 aromatic rings. The van der Waals surface area contributed by atoms with E-state index in [4.69, 9.17) is 14.1 Å². The molecular weight excluding hydrogens is 384 g/mol. The van der Waals surface area contributed by atoms with Gasteiger partial charge in [0, 0.05) is 0 Å². The Morgan fingerprint density at radius 2 is 2.15 bits per heavy atom. The van der Waals surface area contributed by atoms with Crippen LogP contribution in [0.4, 0.5) is 0 Å². The summed E-state index contributed by atoms with van der Waals surface area (Å²) < 4.78 is 13.3. The molecule has 0 saturated heterocycles. The quantitative estimate of drug-likeness (QED) is 0.344. The van der Waals surface area contributed by atoms with E-state index in [0.717, 1.165) is 26.2 Å². The van der Waals surface area contributed by atoms with E-state index in [1.54, 1.807) is 13.2 Å². The van der Waals surface area contributed by atoms with E-state index >= 15 is 0 Å². The lowest BCUT2D eigenvalue weighted by molar-refractivity contribution is -0.139. The van der Waals surface area contributed by atoms with Crippen LogP contribution in [0.5, 0.6) is 0 Å². The van der Waals surface area contributed by atoms with Crippen LogP contribution in [0.2, 0.25) is 0 Å². The zero-order chi connectivity index (χ0) is 18.6. The number of carbonyl (C=O) groups excluding carboxylic acids is 1. The topological polar surface area (TPSA) is 83.0 Å². The number of fused-ring (bicyclic) bond motifs is 1. The molecule has 0 N–H and O–H groups in total. The van der Waals surface area contributed by atoms with Crippen molar-refractivity contribution in [2.75, 3.05) is 12.4 Å². The van der Waals surface area contributed by atoms with Crippen LogP contribution in [0.1, 0.15) is 11.9 Å². The number of nitrogens with zero attached hydrogens (tertiary/aromatic N) is 4. The molecule has 0 aliphatic carbocycles. The molecule has 1 aromatic carbocycles. The summed E-state index contributed by atoms with van der Waals surface area (Å²) in [5, 5.41) is 9.26. The molecule has 0 aliphatic rings. The fraction of sp³-hybridized carbons (Fsp3) is 0.222. The van der Waals surface area contributed by atoms with Crippen molar-refractivity contribution in [2.24, 2.45) is 0 Å². The molecule has 4 rings (SSSR count). The van der Waals surface area contributed by atoms with Crippen molar-refractivity contribution in [3.8, 4) is 11.6 Å². The first kappa shape index (κ1) is 17.7. The number of carbonyl (C=O) groups is 1. The first-order valence-electron chi connectivity index (χ1n) is 8.34. The molecule has 0 saturated carbocycles. The van der Waals surface area contributed by atoms with Gasteiger partial charge in [-0.3, -0.25) is 4.79 Å². The first-order chi connectivity index (χ1) is 13.2. The third-order valence-electron chi connectivity index (χ3n) is 3.76. The zero-order valence-corrected chi connectivity index (χ0v) is 16.1. The number of esters is 1. The van der Waals surface area contributed by atoms with Crippen LogP contribution < -0.4 is 0 Å². The Balaban J connectivity index is 1.59. The molecular formula is C18H16N4O3S2. The normalized spacial score (nSPS) is 11.1. The third-order valence-corrected chi connectivity index (χ3v) is 5.77. The zero-order valence-electron chi connectivity index (χ0n) is 14.5. The van der Waals surface area contributed by atoms with Gasteiger partial charge in [0.15, 0.2) is 15.9 Å². The average molecular weight is 400 g/mol. The SMILES string of the molecule is CCOC(=O)CSc1nnc(Cn2c(-c3ccco3)nc3ccccc32)s1. The second kappa shape index (κ2) is 7.93. The number of benzene rings is 1. The molecule has 0 aliphatic heterocycles. The van der Waals surface area contributed by atoms with Gasteiger partial charge >= 0.3 is 5.97 Å². The summed E-state index contributed by atoms with van der Waals surface area (Å²) in [6, 6.07) is 11.7. The maximum absolute atomic E-state index is 11.5. The van der Waals surface area contributed by atoms with Crippen molar-refractivity contribution < 1.29 is 13.9 Å². The van der Waals surface area contributed by atoms with Crippen molar-refractivity contribution in [1.29, 1.82) is 0 Å². The lowest BCUT2D eigenvalue weighted by Gasteiger charge is -2.05. The van der Waals surface area contributed by atoms with Crippen molar-refractivity contribution >= 4 is 40.1 Å². The number of ether oxygens (including phenoxy) is 1. The van der Waals surface area contributed by atoms with E-state index in [1.165, 1.54) is 23.1 Å². The number of rotatable bonds is 7. The lowest BCUT2D eigenvalue weighted by Crippen LogP contribution is -2.06. The van der Waals surface area contributed by atoms with Gasteiger partial charge in [-0.25, -0.2) is 4.98 Å². The van der Waals surface area contributed by atoms with Gasteiger partial charge in [0.05, 0.1) is 36.2 Å². The Kier molecular flexibility index (Phi) is 5.21. The molecule has 0 atom stereocenters. The Hall–Kier alpha value is -2.65. The Morgan fingerprint density at radius 3 is 2.96 bits per heavy atom. The van der Waals surface area contributed by atoms with Crippen LogP contribution in [0.15, 0.2) is 51.4 Å². The minimum Gasteiger partial charge on any atom is -0.465 e. The summed E-state index contributed by atoms with van der Waals surface area (Å²) in [5.74, 6) is 1.43. The van der Waals surface area contributed by atoms with Gasteiger partial charge in [0.2, 0.25) is 0 Å². The molecule has 0 spiro atoms. The van der Waals surface area contributed by atoms with E-state index in [0.29, 0.717) is 18.9 Å². The fourth-order valence-corrected chi connectivity index (χ4v) is 4.33. The number of hydrogen-bond donors (Lipinski definition) is 0. The monoisotopic (exact) mass is 400 g/mol. The highest BCUT2D eigenvalue weighted by Crippen LogP contribution is 2.28. The van der Waals surface area contributed by atoms with Gasteiger partial charge in [-0.15, -0.1) is 10.2 Å². The van der Waals surface area contributed by atoms with Crippen molar-refractivity contribution in [1.82, 2.24) is 19.7 Å². The Labute approximate surface area is 163 Å². The van der Waals surface area contributed by atoms with Crippen LogP contribution in [0.3, 0.4) is 0 Å². The van der Waals surface area contributed by atoms with E-state index < -0.39 is 0 Å². The molecule has 3 heterocycles. The summed E-state index contributed by atoms with van der Waals surface area (Å²) in [7, 11) is 0. The summed E-state index contributed by atoms with van der Waals surface area (Å²) >= 11 is 2.79. The molecule has 0 fully saturated rings. The van der Waals surface area contributed by atoms with Gasteiger partial charge < -0.3 is 13.7 Å². The Bertz CT molecular complexity index is 1060. The highest BCUT2D eigenvalue weighted by Gasteiger charge is 2.17. The van der Waals surface area contributed by atoms with Crippen LogP contribution in [-0.4, -0.2) is 38.1 Å². The first-order valence-corrected chi connectivity index (χ1v) is 10.1. The van der Waals surface area contributed by atoms with E-state index in [1.807, 2.05) is 36.4 Å². The lowest BCUT2D eigenvalue weighted by atomic mass is 10.3. The van der Waals surface area contributed by atoms with Crippen molar-refractivity contribution in [3.63, 3.8) is 0 Å². The van der Waals surface area contributed by atoms with Crippen LogP contribution in [0, 0.1) is 0 Å². The largest absolute Gasteiger partial charge is 0.465 e. The smallest absolute Gasteiger partial charge is 0.316 e. The second-order valence-electron chi connectivity index (χ2n) is 5.54. The van der Waals surface area contributed by atoms with Crippen LogP contribution in [0.25, 0.3) is 22.6 Å². The van der Waals surface area contributed by atoms with Crippen molar-refractivity contribution in [3.05, 3.63) is 47.7 Å².